The van der Waals surface area contributed by atoms with E-state index in [9.17, 15) is 4.79 Å². The van der Waals surface area contributed by atoms with Crippen LogP contribution in [0.25, 0.3) is 0 Å². The zero-order valence-corrected chi connectivity index (χ0v) is 11.7. The molecule has 0 aromatic carbocycles. The lowest BCUT2D eigenvalue weighted by atomic mass is 10.1. The Labute approximate surface area is 106 Å². The number of unbranched alkanes of at least 4 members (excludes halogenated alkanes) is 1. The van der Waals surface area contributed by atoms with Crippen LogP contribution in [0.5, 0.6) is 0 Å². The molecule has 0 aliphatic carbocycles. The molecule has 1 N–H and O–H groups in total. The van der Waals surface area contributed by atoms with Crippen molar-refractivity contribution in [2.24, 2.45) is 5.92 Å². The maximum Gasteiger partial charge on any atom is 0.239 e. The number of hydrogen-bond donors (Lipinski definition) is 1. The van der Waals surface area contributed by atoms with Gasteiger partial charge in [-0.05, 0) is 31.7 Å². The fourth-order valence-corrected chi connectivity index (χ4v) is 2.32. The second kappa shape index (κ2) is 7.70. The van der Waals surface area contributed by atoms with Gasteiger partial charge in [0, 0.05) is 13.1 Å². The molecular formula is C14H28N2O. The van der Waals surface area contributed by atoms with Crippen LogP contribution in [0.15, 0.2) is 0 Å². The molecule has 1 heterocycles. The van der Waals surface area contributed by atoms with Crippen LogP contribution in [0, 0.1) is 5.92 Å². The van der Waals surface area contributed by atoms with E-state index in [1.54, 1.807) is 0 Å². The van der Waals surface area contributed by atoms with E-state index >= 15 is 0 Å². The molecule has 100 valence electrons. The van der Waals surface area contributed by atoms with Crippen molar-refractivity contribution in [3.8, 4) is 0 Å². The molecule has 0 saturated carbocycles. The molecule has 1 unspecified atom stereocenters. The standard InChI is InChI=1S/C14H28N2O/c1-4-9-15-13-8-11-16(14(13)17)10-6-5-7-12(2)3/h12-13,15H,4-11H2,1-3H3. The number of rotatable bonds is 8. The van der Waals surface area contributed by atoms with E-state index in [4.69, 9.17) is 0 Å². The van der Waals surface area contributed by atoms with Crippen molar-refractivity contribution in [3.05, 3.63) is 0 Å². The summed E-state index contributed by atoms with van der Waals surface area (Å²) >= 11 is 0. The van der Waals surface area contributed by atoms with Crippen LogP contribution < -0.4 is 5.32 Å². The van der Waals surface area contributed by atoms with Crippen molar-refractivity contribution in [1.29, 1.82) is 0 Å². The van der Waals surface area contributed by atoms with Crippen molar-refractivity contribution in [2.75, 3.05) is 19.6 Å². The van der Waals surface area contributed by atoms with Crippen molar-refractivity contribution in [3.63, 3.8) is 0 Å². The molecule has 17 heavy (non-hydrogen) atoms. The van der Waals surface area contributed by atoms with E-state index < -0.39 is 0 Å². The van der Waals surface area contributed by atoms with Crippen LogP contribution in [0.4, 0.5) is 0 Å². The second-order valence-corrected chi connectivity index (χ2v) is 5.51. The molecule has 1 saturated heterocycles. The van der Waals surface area contributed by atoms with Gasteiger partial charge in [-0.25, -0.2) is 0 Å². The predicted molar refractivity (Wildman–Crippen MR) is 72.0 cm³/mol. The largest absolute Gasteiger partial charge is 0.341 e. The number of nitrogens with zero attached hydrogens (tertiary/aromatic N) is 1. The Bertz CT molecular complexity index is 228. The molecule has 1 aliphatic heterocycles. The fourth-order valence-electron chi connectivity index (χ4n) is 2.32. The van der Waals surface area contributed by atoms with Gasteiger partial charge in [0.2, 0.25) is 5.91 Å². The first-order valence-corrected chi connectivity index (χ1v) is 7.17. The Morgan fingerprint density at radius 1 is 1.41 bits per heavy atom. The van der Waals surface area contributed by atoms with E-state index in [2.05, 4.69) is 26.1 Å². The van der Waals surface area contributed by atoms with Crippen LogP contribution in [-0.2, 0) is 4.79 Å². The SMILES string of the molecule is CCCNC1CCN(CCCCC(C)C)C1=O. The molecule has 0 radical (unpaired) electrons. The van der Waals surface area contributed by atoms with Gasteiger partial charge in [-0.2, -0.15) is 0 Å². The van der Waals surface area contributed by atoms with E-state index in [1.807, 2.05) is 4.90 Å². The molecule has 0 spiro atoms. The third-order valence-corrected chi connectivity index (χ3v) is 3.40. The second-order valence-electron chi connectivity index (χ2n) is 5.51. The lowest BCUT2D eigenvalue weighted by Crippen LogP contribution is -2.38. The van der Waals surface area contributed by atoms with Gasteiger partial charge >= 0.3 is 0 Å². The third-order valence-electron chi connectivity index (χ3n) is 3.40. The number of carbonyl (C=O) groups is 1. The van der Waals surface area contributed by atoms with Gasteiger partial charge < -0.3 is 10.2 Å². The van der Waals surface area contributed by atoms with E-state index in [-0.39, 0.29) is 6.04 Å². The molecule has 0 bridgehead atoms. The van der Waals surface area contributed by atoms with Crippen molar-refractivity contribution < 1.29 is 4.79 Å². The average molecular weight is 240 g/mol. The Hall–Kier alpha value is -0.570. The summed E-state index contributed by atoms with van der Waals surface area (Å²) in [7, 11) is 0. The van der Waals surface area contributed by atoms with Gasteiger partial charge in [0.25, 0.3) is 0 Å². The number of carbonyl (C=O) groups excluding carboxylic acids is 1. The summed E-state index contributed by atoms with van der Waals surface area (Å²) < 4.78 is 0. The summed E-state index contributed by atoms with van der Waals surface area (Å²) in [6, 6.07) is 0.0973. The quantitative estimate of drug-likeness (QED) is 0.661. The normalized spacial score (nSPS) is 20.6. The highest BCUT2D eigenvalue weighted by atomic mass is 16.2. The van der Waals surface area contributed by atoms with Crippen LogP contribution in [0.2, 0.25) is 0 Å². The van der Waals surface area contributed by atoms with E-state index in [1.165, 1.54) is 12.8 Å². The minimum atomic E-state index is 0.0973. The fraction of sp³-hybridized carbons (Fsp3) is 0.929. The Morgan fingerprint density at radius 3 is 2.82 bits per heavy atom. The average Bonchev–Trinajstić information content (AvgIpc) is 2.63. The smallest absolute Gasteiger partial charge is 0.239 e. The Morgan fingerprint density at radius 2 is 2.18 bits per heavy atom. The van der Waals surface area contributed by atoms with Gasteiger partial charge in [-0.15, -0.1) is 0 Å². The monoisotopic (exact) mass is 240 g/mol. The predicted octanol–water partition coefficient (Wildman–Crippen LogP) is 2.41. The Balaban J connectivity index is 2.16. The summed E-state index contributed by atoms with van der Waals surface area (Å²) in [5.74, 6) is 1.10. The zero-order valence-electron chi connectivity index (χ0n) is 11.7. The summed E-state index contributed by atoms with van der Waals surface area (Å²) in [6.45, 7) is 9.50. The zero-order chi connectivity index (χ0) is 12.7. The van der Waals surface area contributed by atoms with Crippen LogP contribution >= 0.6 is 0 Å². The maximum atomic E-state index is 12.0. The molecule has 1 amide bonds. The highest BCUT2D eigenvalue weighted by Gasteiger charge is 2.30. The summed E-state index contributed by atoms with van der Waals surface area (Å²) in [6.07, 6.45) is 5.76. The van der Waals surface area contributed by atoms with Crippen LogP contribution in [0.1, 0.15) is 52.9 Å². The minimum absolute atomic E-state index is 0.0973. The van der Waals surface area contributed by atoms with Gasteiger partial charge in [0.1, 0.15) is 0 Å². The van der Waals surface area contributed by atoms with E-state index in [0.717, 1.165) is 44.8 Å². The van der Waals surface area contributed by atoms with Gasteiger partial charge in [-0.3, -0.25) is 4.79 Å². The first-order chi connectivity index (χ1) is 8.15. The lowest BCUT2D eigenvalue weighted by molar-refractivity contribution is -0.129. The molecular weight excluding hydrogens is 212 g/mol. The summed E-state index contributed by atoms with van der Waals surface area (Å²) in [5.41, 5.74) is 0. The van der Waals surface area contributed by atoms with Crippen LogP contribution in [0.3, 0.4) is 0 Å². The van der Waals surface area contributed by atoms with E-state index in [0.29, 0.717) is 5.91 Å². The number of nitrogens with one attached hydrogen (secondary N) is 1. The molecule has 0 aromatic heterocycles. The maximum absolute atomic E-state index is 12.0. The summed E-state index contributed by atoms with van der Waals surface area (Å²) in [5, 5.41) is 3.33. The van der Waals surface area contributed by atoms with Gasteiger partial charge in [0.15, 0.2) is 0 Å². The molecule has 1 rings (SSSR count). The van der Waals surface area contributed by atoms with Crippen LogP contribution in [-0.4, -0.2) is 36.5 Å². The van der Waals surface area contributed by atoms with Crippen molar-refractivity contribution in [1.82, 2.24) is 10.2 Å². The number of amides is 1. The first-order valence-electron chi connectivity index (χ1n) is 7.17. The van der Waals surface area contributed by atoms with Gasteiger partial charge in [-0.1, -0.05) is 33.6 Å². The first kappa shape index (κ1) is 14.5. The van der Waals surface area contributed by atoms with Crippen molar-refractivity contribution >= 4 is 5.91 Å². The number of likely N-dealkylation sites (tertiary alicyclic amines) is 1. The third kappa shape index (κ3) is 5.07. The highest BCUT2D eigenvalue weighted by Crippen LogP contribution is 2.13. The molecule has 1 fully saturated rings. The number of hydrogen-bond acceptors (Lipinski definition) is 2. The van der Waals surface area contributed by atoms with Crippen molar-refractivity contribution in [2.45, 2.75) is 58.9 Å². The van der Waals surface area contributed by atoms with Gasteiger partial charge in [0.05, 0.1) is 6.04 Å². The lowest BCUT2D eigenvalue weighted by Gasteiger charge is -2.17. The summed E-state index contributed by atoms with van der Waals surface area (Å²) in [4.78, 5) is 14.0. The molecule has 1 atom stereocenters. The molecule has 3 nitrogen and oxygen atoms in total. The Kier molecular flexibility index (Phi) is 6.56. The molecule has 1 aliphatic rings. The molecule has 3 heteroatoms. The molecule has 0 aromatic rings. The topological polar surface area (TPSA) is 32.3 Å². The minimum Gasteiger partial charge on any atom is -0.341 e. The highest BCUT2D eigenvalue weighted by molar-refractivity contribution is 5.83.